The van der Waals surface area contributed by atoms with Gasteiger partial charge in [0, 0.05) is 50.0 Å². The predicted molar refractivity (Wildman–Crippen MR) is 122 cm³/mol. The van der Waals surface area contributed by atoms with E-state index < -0.39 is 0 Å². The number of hydrogen-bond donors (Lipinski definition) is 0. The van der Waals surface area contributed by atoms with E-state index in [4.69, 9.17) is 15.0 Å². The fourth-order valence-corrected chi connectivity index (χ4v) is 4.74. The molecule has 3 aliphatic heterocycles. The molecule has 6 nitrogen and oxygen atoms in total. The molecule has 158 valence electrons. The van der Waals surface area contributed by atoms with E-state index in [-0.39, 0.29) is 0 Å². The lowest BCUT2D eigenvalue weighted by atomic mass is 10.1. The van der Waals surface area contributed by atoms with E-state index in [1.807, 2.05) is 0 Å². The number of likely N-dealkylation sites (N-methyl/N-ethyl adjacent to an activating group) is 1. The van der Waals surface area contributed by atoms with Crippen LogP contribution in [-0.2, 0) is 0 Å². The van der Waals surface area contributed by atoms with Crippen molar-refractivity contribution in [2.45, 2.75) is 26.3 Å². The summed E-state index contributed by atoms with van der Waals surface area (Å²) < 4.78 is 0. The molecule has 1 aromatic carbocycles. The molecule has 3 aliphatic rings. The van der Waals surface area contributed by atoms with Gasteiger partial charge in [-0.2, -0.15) is 0 Å². The van der Waals surface area contributed by atoms with Gasteiger partial charge in [0.1, 0.15) is 5.36 Å². The minimum absolute atomic E-state index is 0.580. The van der Waals surface area contributed by atoms with Crippen molar-refractivity contribution in [1.29, 1.82) is 0 Å². The Bertz CT molecular complexity index is 1030. The van der Waals surface area contributed by atoms with Gasteiger partial charge in [0.05, 0.1) is 24.1 Å². The van der Waals surface area contributed by atoms with Crippen molar-refractivity contribution in [2.24, 2.45) is 15.9 Å². The molecule has 2 aromatic rings. The standard InChI is InChI=1S/C24H32N6/c1-17-8-11-30(15-17)24-23-22(25-9-10-26-23)14-21(27-24)19-4-6-20(7-5-19)29-13-12-28(3)18(2)16-29/h4-7,14,17-18H,8-13,15-16H2,1-3H3/t17-,18?/m1/s1. The van der Waals surface area contributed by atoms with E-state index in [9.17, 15) is 0 Å². The molecular weight excluding hydrogens is 372 g/mol. The average Bonchev–Trinajstić information content (AvgIpc) is 3.21. The highest BCUT2D eigenvalue weighted by Gasteiger charge is 2.23. The Hall–Kier alpha value is -2.47. The molecule has 5 rings (SSSR count). The molecule has 2 atom stereocenters. The molecule has 6 heteroatoms. The van der Waals surface area contributed by atoms with Gasteiger partial charge in [-0.3, -0.25) is 9.98 Å². The molecule has 0 saturated carbocycles. The number of piperazine rings is 1. The summed E-state index contributed by atoms with van der Waals surface area (Å²) in [6, 6.07) is 11.6. The van der Waals surface area contributed by atoms with E-state index in [1.54, 1.807) is 0 Å². The Kier molecular flexibility index (Phi) is 5.19. The number of hydrogen-bond acceptors (Lipinski definition) is 6. The van der Waals surface area contributed by atoms with Gasteiger partial charge in [-0.15, -0.1) is 0 Å². The third-order valence-corrected chi connectivity index (χ3v) is 6.82. The van der Waals surface area contributed by atoms with E-state index in [0.717, 1.165) is 73.6 Å². The highest BCUT2D eigenvalue weighted by molar-refractivity contribution is 5.65. The first-order valence-electron chi connectivity index (χ1n) is 11.3. The number of benzene rings is 1. The number of fused-ring (bicyclic) bond motifs is 1. The maximum Gasteiger partial charge on any atom is 0.157 e. The zero-order valence-corrected chi connectivity index (χ0v) is 18.4. The van der Waals surface area contributed by atoms with E-state index >= 15 is 0 Å². The minimum atomic E-state index is 0.580. The van der Waals surface area contributed by atoms with Gasteiger partial charge in [0.2, 0.25) is 0 Å². The molecular formula is C24H32N6. The highest BCUT2D eigenvalue weighted by Crippen LogP contribution is 2.25. The molecule has 2 saturated heterocycles. The second kappa shape index (κ2) is 7.99. The molecule has 0 N–H and O–H groups in total. The van der Waals surface area contributed by atoms with Crippen molar-refractivity contribution < 1.29 is 0 Å². The van der Waals surface area contributed by atoms with Gasteiger partial charge >= 0.3 is 0 Å². The Morgan fingerprint density at radius 3 is 2.43 bits per heavy atom. The summed E-state index contributed by atoms with van der Waals surface area (Å²) >= 11 is 0. The second-order valence-corrected chi connectivity index (χ2v) is 9.12. The molecule has 0 bridgehead atoms. The van der Waals surface area contributed by atoms with Gasteiger partial charge in [-0.1, -0.05) is 19.1 Å². The third kappa shape index (κ3) is 3.69. The molecule has 0 amide bonds. The summed E-state index contributed by atoms with van der Waals surface area (Å²) in [5.41, 5.74) is 3.45. The van der Waals surface area contributed by atoms with Crippen LogP contribution in [0.5, 0.6) is 0 Å². The van der Waals surface area contributed by atoms with Crippen LogP contribution in [0.2, 0.25) is 0 Å². The Morgan fingerprint density at radius 1 is 0.900 bits per heavy atom. The van der Waals surface area contributed by atoms with Crippen LogP contribution in [0.25, 0.3) is 11.3 Å². The van der Waals surface area contributed by atoms with Crippen LogP contribution in [0, 0.1) is 5.92 Å². The first kappa shape index (κ1) is 19.5. The van der Waals surface area contributed by atoms with Crippen molar-refractivity contribution in [1.82, 2.24) is 9.88 Å². The third-order valence-electron chi connectivity index (χ3n) is 6.82. The van der Waals surface area contributed by atoms with Gasteiger partial charge in [-0.05, 0) is 44.5 Å². The average molecular weight is 405 g/mol. The Labute approximate surface area is 179 Å². The van der Waals surface area contributed by atoms with Crippen molar-refractivity contribution in [3.8, 4) is 11.3 Å². The lowest BCUT2D eigenvalue weighted by Gasteiger charge is -2.39. The largest absolute Gasteiger partial charge is 0.369 e. The molecule has 30 heavy (non-hydrogen) atoms. The van der Waals surface area contributed by atoms with Crippen LogP contribution in [-0.4, -0.2) is 68.8 Å². The lowest BCUT2D eigenvalue weighted by molar-refractivity contribution is 0.234. The van der Waals surface area contributed by atoms with Gasteiger partial charge < -0.3 is 14.7 Å². The smallest absolute Gasteiger partial charge is 0.157 e. The van der Waals surface area contributed by atoms with Gasteiger partial charge in [-0.25, -0.2) is 4.98 Å². The van der Waals surface area contributed by atoms with Crippen LogP contribution in [0.4, 0.5) is 11.5 Å². The summed E-state index contributed by atoms with van der Waals surface area (Å²) in [5.74, 6) is 1.73. The topological polar surface area (TPSA) is 47.3 Å². The summed E-state index contributed by atoms with van der Waals surface area (Å²) in [7, 11) is 2.21. The molecule has 4 heterocycles. The summed E-state index contributed by atoms with van der Waals surface area (Å²) in [4.78, 5) is 21.9. The number of anilines is 2. The van der Waals surface area contributed by atoms with Crippen molar-refractivity contribution in [3.05, 3.63) is 41.0 Å². The predicted octanol–water partition coefficient (Wildman–Crippen LogP) is 1.99. The van der Waals surface area contributed by atoms with Crippen molar-refractivity contribution >= 4 is 11.5 Å². The quantitative estimate of drug-likeness (QED) is 0.785. The highest BCUT2D eigenvalue weighted by atomic mass is 15.3. The normalized spacial score (nSPS) is 24.4. The van der Waals surface area contributed by atoms with E-state index in [2.05, 4.69) is 65.9 Å². The van der Waals surface area contributed by atoms with E-state index in [0.29, 0.717) is 12.0 Å². The molecule has 0 aliphatic carbocycles. The van der Waals surface area contributed by atoms with Crippen molar-refractivity contribution in [3.63, 3.8) is 0 Å². The van der Waals surface area contributed by atoms with E-state index in [1.165, 1.54) is 12.1 Å². The second-order valence-electron chi connectivity index (χ2n) is 9.12. The maximum absolute atomic E-state index is 5.09. The summed E-state index contributed by atoms with van der Waals surface area (Å²) in [6.45, 7) is 11.5. The molecule has 2 fully saturated rings. The van der Waals surface area contributed by atoms with Crippen LogP contribution < -0.4 is 20.5 Å². The van der Waals surface area contributed by atoms with Gasteiger partial charge in [0.25, 0.3) is 0 Å². The number of pyridine rings is 1. The number of nitrogens with zero attached hydrogens (tertiary/aromatic N) is 6. The number of rotatable bonds is 3. The maximum atomic E-state index is 5.09. The molecule has 0 radical (unpaired) electrons. The molecule has 0 spiro atoms. The zero-order valence-electron chi connectivity index (χ0n) is 18.4. The fourth-order valence-electron chi connectivity index (χ4n) is 4.74. The molecule has 1 unspecified atom stereocenters. The van der Waals surface area contributed by atoms with Crippen LogP contribution >= 0.6 is 0 Å². The summed E-state index contributed by atoms with van der Waals surface area (Å²) in [6.07, 6.45) is 1.22. The monoisotopic (exact) mass is 404 g/mol. The summed E-state index contributed by atoms with van der Waals surface area (Å²) in [5, 5.41) is 1.99. The SMILES string of the molecule is CC1CN(c2ccc(-c3cc4c(c(N5CC[C@@H](C)C5)n3)=NCCN=4)cc2)CCN1C. The number of aromatic nitrogens is 1. The Balaban J connectivity index is 1.47. The van der Waals surface area contributed by atoms with Crippen LogP contribution in [0.15, 0.2) is 40.3 Å². The first-order valence-corrected chi connectivity index (χ1v) is 11.3. The minimum Gasteiger partial charge on any atom is -0.369 e. The van der Waals surface area contributed by atoms with Crippen molar-refractivity contribution in [2.75, 3.05) is 62.7 Å². The zero-order chi connectivity index (χ0) is 20.7. The molecule has 1 aromatic heterocycles. The lowest BCUT2D eigenvalue weighted by Crippen LogP contribution is -2.50. The van der Waals surface area contributed by atoms with Gasteiger partial charge in [0.15, 0.2) is 5.82 Å². The van der Waals surface area contributed by atoms with Crippen LogP contribution in [0.3, 0.4) is 0 Å². The van der Waals surface area contributed by atoms with Crippen LogP contribution in [0.1, 0.15) is 20.3 Å². The Morgan fingerprint density at radius 2 is 1.70 bits per heavy atom. The fraction of sp³-hybridized carbons (Fsp3) is 0.542. The first-order chi connectivity index (χ1) is 14.6.